The fourth-order valence-corrected chi connectivity index (χ4v) is 0.363. The molecule has 2 nitrogen and oxygen atoms in total. The van der Waals surface area contributed by atoms with E-state index in [0.717, 1.165) is 11.3 Å². The molecular formula is C11H22N2. The van der Waals surface area contributed by atoms with Crippen molar-refractivity contribution in [1.29, 1.82) is 0 Å². The molecule has 0 rings (SSSR count). The third-order valence-electron chi connectivity index (χ3n) is 1.23. The van der Waals surface area contributed by atoms with Gasteiger partial charge in [-0.2, -0.15) is 0 Å². The quantitative estimate of drug-likeness (QED) is 0.471. The third kappa shape index (κ3) is 11.1. The van der Waals surface area contributed by atoms with Gasteiger partial charge in [0.1, 0.15) is 6.34 Å². The van der Waals surface area contributed by atoms with Gasteiger partial charge in [0.15, 0.2) is 0 Å². The molecule has 0 aliphatic carbocycles. The summed E-state index contributed by atoms with van der Waals surface area (Å²) in [7, 11) is 0. The lowest BCUT2D eigenvalue weighted by Gasteiger charge is -1.94. The van der Waals surface area contributed by atoms with Crippen molar-refractivity contribution in [3.8, 4) is 0 Å². The Bertz CT molecular complexity index is 188. The zero-order valence-corrected chi connectivity index (χ0v) is 9.76. The van der Waals surface area contributed by atoms with E-state index in [4.69, 9.17) is 0 Å². The van der Waals surface area contributed by atoms with Gasteiger partial charge in [-0.15, -0.1) is 0 Å². The predicted octanol–water partition coefficient (Wildman–Crippen LogP) is 3.49. The zero-order valence-electron chi connectivity index (χ0n) is 9.76. The summed E-state index contributed by atoms with van der Waals surface area (Å²) in [6.07, 6.45) is 1.59. The Labute approximate surface area is 82.5 Å². The largest absolute Gasteiger partial charge is 0.271 e. The second-order valence-corrected chi connectivity index (χ2v) is 2.85. The minimum Gasteiger partial charge on any atom is -0.271 e. The summed E-state index contributed by atoms with van der Waals surface area (Å²) >= 11 is 0. The number of hydrogen-bond acceptors (Lipinski definition) is 1. The summed E-state index contributed by atoms with van der Waals surface area (Å²) < 4.78 is 0. The van der Waals surface area contributed by atoms with Gasteiger partial charge in [-0.05, 0) is 33.3 Å². The summed E-state index contributed by atoms with van der Waals surface area (Å²) in [5.41, 5.74) is 1.93. The van der Waals surface area contributed by atoms with Crippen molar-refractivity contribution in [2.24, 2.45) is 9.98 Å². The summed E-state index contributed by atoms with van der Waals surface area (Å²) in [6, 6.07) is 0.316. The van der Waals surface area contributed by atoms with Crippen molar-refractivity contribution in [1.82, 2.24) is 0 Å². The summed E-state index contributed by atoms with van der Waals surface area (Å²) in [4.78, 5) is 8.18. The number of aliphatic imine (C=N–C) groups is 2. The first-order chi connectivity index (χ1) is 6.04. The van der Waals surface area contributed by atoms with Crippen molar-refractivity contribution in [2.45, 2.75) is 47.6 Å². The van der Waals surface area contributed by atoms with Crippen molar-refractivity contribution in [2.75, 3.05) is 0 Å². The Morgan fingerprint density at radius 3 is 2.00 bits per heavy atom. The van der Waals surface area contributed by atoms with Gasteiger partial charge in [-0.3, -0.25) is 4.99 Å². The topological polar surface area (TPSA) is 24.7 Å². The molecule has 76 valence electrons. The molecule has 0 unspecified atom stereocenters. The molecule has 0 N–H and O–H groups in total. The normalized spacial score (nSPS) is 11.5. The van der Waals surface area contributed by atoms with Crippen LogP contribution in [0.4, 0.5) is 0 Å². The molecule has 2 heteroatoms. The van der Waals surface area contributed by atoms with Crippen LogP contribution in [0.1, 0.15) is 41.5 Å². The van der Waals surface area contributed by atoms with Crippen LogP contribution in [0.3, 0.4) is 0 Å². The van der Waals surface area contributed by atoms with E-state index in [-0.39, 0.29) is 0 Å². The smallest absolute Gasteiger partial charge is 0.110 e. The lowest BCUT2D eigenvalue weighted by molar-refractivity contribution is 0.839. The van der Waals surface area contributed by atoms with Crippen LogP contribution >= 0.6 is 0 Å². The predicted molar refractivity (Wildman–Crippen MR) is 62.9 cm³/mol. The molecule has 0 fully saturated rings. The summed E-state index contributed by atoms with van der Waals surface area (Å²) in [5, 5.41) is 0. The lowest BCUT2D eigenvalue weighted by Crippen LogP contribution is -1.93. The molecule has 0 aromatic rings. The fraction of sp³-hybridized carbons (Fsp3) is 0.636. The molecular weight excluding hydrogens is 160 g/mol. The van der Waals surface area contributed by atoms with Crippen LogP contribution in [-0.4, -0.2) is 18.1 Å². The van der Waals surface area contributed by atoms with E-state index < -0.39 is 0 Å². The first-order valence-electron chi connectivity index (χ1n) is 4.76. The van der Waals surface area contributed by atoms with Gasteiger partial charge in [0.2, 0.25) is 0 Å². The zero-order chi connectivity index (χ0) is 10.9. The SMILES string of the molecule is C=C(C)C(C)=NC=NC(C)C.CC. The second kappa shape index (κ2) is 9.17. The lowest BCUT2D eigenvalue weighted by atomic mass is 10.2. The van der Waals surface area contributed by atoms with Gasteiger partial charge in [-0.25, -0.2) is 4.99 Å². The average molecular weight is 182 g/mol. The molecule has 0 saturated heterocycles. The maximum Gasteiger partial charge on any atom is 0.110 e. The molecule has 0 aliphatic heterocycles. The highest BCUT2D eigenvalue weighted by Crippen LogP contribution is 1.91. The van der Waals surface area contributed by atoms with E-state index in [1.807, 2.05) is 41.5 Å². The van der Waals surface area contributed by atoms with E-state index >= 15 is 0 Å². The highest BCUT2D eigenvalue weighted by molar-refractivity contribution is 6.00. The average Bonchev–Trinajstić information content (AvgIpc) is 2.07. The van der Waals surface area contributed by atoms with Crippen molar-refractivity contribution in [3.63, 3.8) is 0 Å². The molecule has 0 bridgehead atoms. The van der Waals surface area contributed by atoms with E-state index in [2.05, 4.69) is 16.6 Å². The van der Waals surface area contributed by atoms with E-state index in [9.17, 15) is 0 Å². The molecule has 13 heavy (non-hydrogen) atoms. The number of nitrogens with zero attached hydrogens (tertiary/aromatic N) is 2. The molecule has 0 spiro atoms. The first kappa shape index (κ1) is 14.6. The van der Waals surface area contributed by atoms with Gasteiger partial charge in [0.25, 0.3) is 0 Å². The standard InChI is InChI=1S/C9H16N2.C2H6/c1-7(2)9(5)11-6-10-8(3)4;1-2/h6,8H,1H2,2-5H3;1-2H3. The van der Waals surface area contributed by atoms with Crippen LogP contribution in [0.2, 0.25) is 0 Å². The van der Waals surface area contributed by atoms with Crippen LogP contribution in [0.15, 0.2) is 22.1 Å². The van der Waals surface area contributed by atoms with Crippen LogP contribution < -0.4 is 0 Å². The van der Waals surface area contributed by atoms with Gasteiger partial charge < -0.3 is 0 Å². The maximum atomic E-state index is 4.09. The minimum atomic E-state index is 0.316. The number of rotatable bonds is 3. The number of allylic oxidation sites excluding steroid dienone is 1. The van der Waals surface area contributed by atoms with Gasteiger partial charge in [-0.1, -0.05) is 20.4 Å². The Hall–Kier alpha value is -0.920. The highest BCUT2D eigenvalue weighted by atomic mass is 14.9. The molecule has 0 aliphatic rings. The molecule has 0 aromatic carbocycles. The van der Waals surface area contributed by atoms with Crippen LogP contribution in [-0.2, 0) is 0 Å². The van der Waals surface area contributed by atoms with Gasteiger partial charge >= 0.3 is 0 Å². The van der Waals surface area contributed by atoms with Crippen molar-refractivity contribution < 1.29 is 0 Å². The minimum absolute atomic E-state index is 0.316. The van der Waals surface area contributed by atoms with Crippen LogP contribution in [0.25, 0.3) is 0 Å². The van der Waals surface area contributed by atoms with Crippen LogP contribution in [0.5, 0.6) is 0 Å². The van der Waals surface area contributed by atoms with Crippen LogP contribution in [0, 0.1) is 0 Å². The Balaban J connectivity index is 0. The first-order valence-corrected chi connectivity index (χ1v) is 4.76. The monoisotopic (exact) mass is 182 g/mol. The highest BCUT2D eigenvalue weighted by Gasteiger charge is 1.87. The fourth-order valence-electron chi connectivity index (χ4n) is 0.363. The van der Waals surface area contributed by atoms with Crippen molar-refractivity contribution >= 4 is 12.1 Å². The van der Waals surface area contributed by atoms with E-state index in [1.165, 1.54) is 0 Å². The van der Waals surface area contributed by atoms with Gasteiger partial charge in [0, 0.05) is 11.8 Å². The Kier molecular flexibility index (Phi) is 10.3. The molecule has 0 radical (unpaired) electrons. The Morgan fingerprint density at radius 2 is 1.69 bits per heavy atom. The summed E-state index contributed by atoms with van der Waals surface area (Å²) in [5.74, 6) is 0. The Morgan fingerprint density at radius 1 is 1.23 bits per heavy atom. The summed E-state index contributed by atoms with van der Waals surface area (Å²) in [6.45, 7) is 15.7. The van der Waals surface area contributed by atoms with Gasteiger partial charge in [0.05, 0.1) is 0 Å². The van der Waals surface area contributed by atoms with E-state index in [0.29, 0.717) is 6.04 Å². The van der Waals surface area contributed by atoms with E-state index in [1.54, 1.807) is 6.34 Å². The van der Waals surface area contributed by atoms with Crippen molar-refractivity contribution in [3.05, 3.63) is 12.2 Å². The third-order valence-corrected chi connectivity index (χ3v) is 1.23. The number of hydrogen-bond donors (Lipinski definition) is 0. The molecule has 0 aromatic heterocycles. The molecule has 0 saturated carbocycles. The maximum absolute atomic E-state index is 4.09. The molecule has 0 heterocycles. The molecule has 0 atom stereocenters. The molecule has 0 amide bonds. The second-order valence-electron chi connectivity index (χ2n) is 2.85.